The van der Waals surface area contributed by atoms with Crippen LogP contribution < -0.4 is 9.64 Å². The molecule has 2 N–H and O–H groups in total. The van der Waals surface area contributed by atoms with Crippen molar-refractivity contribution in [1.82, 2.24) is 4.98 Å². The molecule has 180 valence electrons. The fourth-order valence-electron chi connectivity index (χ4n) is 5.60. The number of amides is 1. The molecule has 0 aliphatic carbocycles. The number of anilines is 1. The SMILES string of the molecule is Cc1cc(C)cc(N2C(=O)C(=O)/C(=C(/O)c3ccc4c(c3)CCO4)C2c2c(C)[nH]c3ccccc23)c1. The molecule has 3 aromatic carbocycles. The van der Waals surface area contributed by atoms with E-state index in [-0.39, 0.29) is 11.3 Å². The number of para-hydroxylation sites is 1. The van der Waals surface area contributed by atoms with Gasteiger partial charge >= 0.3 is 0 Å². The van der Waals surface area contributed by atoms with Crippen molar-refractivity contribution < 1.29 is 19.4 Å². The number of aryl methyl sites for hydroxylation is 3. The van der Waals surface area contributed by atoms with Crippen LogP contribution in [0.15, 0.2) is 66.2 Å². The smallest absolute Gasteiger partial charge is 0.300 e. The van der Waals surface area contributed by atoms with E-state index in [0.29, 0.717) is 17.9 Å². The third-order valence-corrected chi connectivity index (χ3v) is 7.11. The van der Waals surface area contributed by atoms with Crippen molar-refractivity contribution in [2.24, 2.45) is 0 Å². The van der Waals surface area contributed by atoms with Crippen LogP contribution in [0.5, 0.6) is 5.75 Å². The number of benzene rings is 3. The normalized spacial score (nSPS) is 18.6. The van der Waals surface area contributed by atoms with Gasteiger partial charge in [-0.2, -0.15) is 0 Å². The molecular weight excluding hydrogens is 452 g/mol. The van der Waals surface area contributed by atoms with Crippen molar-refractivity contribution in [1.29, 1.82) is 0 Å². The zero-order valence-corrected chi connectivity index (χ0v) is 20.4. The molecule has 1 fully saturated rings. The highest BCUT2D eigenvalue weighted by Crippen LogP contribution is 2.46. The number of rotatable bonds is 3. The number of aromatic nitrogens is 1. The number of hydrogen-bond donors (Lipinski definition) is 2. The first-order chi connectivity index (χ1) is 17.3. The lowest BCUT2D eigenvalue weighted by atomic mass is 9.92. The van der Waals surface area contributed by atoms with E-state index >= 15 is 0 Å². The van der Waals surface area contributed by atoms with Gasteiger partial charge in [-0.1, -0.05) is 24.3 Å². The van der Waals surface area contributed by atoms with Gasteiger partial charge in [-0.05, 0) is 73.9 Å². The maximum atomic E-state index is 13.6. The number of carbonyl (C=O) groups is 2. The van der Waals surface area contributed by atoms with Gasteiger partial charge in [-0.3, -0.25) is 14.5 Å². The molecule has 1 atom stereocenters. The lowest BCUT2D eigenvalue weighted by Crippen LogP contribution is -2.29. The van der Waals surface area contributed by atoms with E-state index in [1.807, 2.05) is 75.4 Å². The monoisotopic (exact) mass is 478 g/mol. The van der Waals surface area contributed by atoms with Crippen LogP contribution in [-0.4, -0.2) is 28.4 Å². The minimum atomic E-state index is -0.785. The summed E-state index contributed by atoms with van der Waals surface area (Å²) in [5.74, 6) is -0.741. The van der Waals surface area contributed by atoms with Gasteiger partial charge in [0.25, 0.3) is 11.7 Å². The molecule has 1 aromatic heterocycles. The van der Waals surface area contributed by atoms with Crippen LogP contribution in [0.1, 0.15) is 39.6 Å². The summed E-state index contributed by atoms with van der Waals surface area (Å²) in [5, 5.41) is 12.5. The Balaban J connectivity index is 1.63. The Morgan fingerprint density at radius 1 is 1.00 bits per heavy atom. The van der Waals surface area contributed by atoms with E-state index in [0.717, 1.165) is 51.0 Å². The molecule has 3 heterocycles. The van der Waals surface area contributed by atoms with Gasteiger partial charge in [0, 0.05) is 39.8 Å². The van der Waals surface area contributed by atoms with Gasteiger partial charge in [0.1, 0.15) is 11.5 Å². The fourth-order valence-corrected chi connectivity index (χ4v) is 5.60. The molecule has 1 amide bonds. The zero-order valence-electron chi connectivity index (χ0n) is 20.4. The Hall–Kier alpha value is -4.32. The molecule has 4 aromatic rings. The quantitative estimate of drug-likeness (QED) is 0.226. The van der Waals surface area contributed by atoms with Crippen LogP contribution in [0.3, 0.4) is 0 Å². The number of ketones is 1. The Morgan fingerprint density at radius 2 is 1.75 bits per heavy atom. The minimum absolute atomic E-state index is 0.0888. The van der Waals surface area contributed by atoms with E-state index in [1.165, 1.54) is 4.90 Å². The van der Waals surface area contributed by atoms with E-state index in [4.69, 9.17) is 4.74 Å². The molecule has 6 rings (SSSR count). The molecule has 2 aliphatic rings. The van der Waals surface area contributed by atoms with Crippen LogP contribution >= 0.6 is 0 Å². The van der Waals surface area contributed by atoms with E-state index in [9.17, 15) is 14.7 Å². The highest BCUT2D eigenvalue weighted by atomic mass is 16.5. The van der Waals surface area contributed by atoms with E-state index < -0.39 is 17.7 Å². The Bertz CT molecular complexity index is 1590. The van der Waals surface area contributed by atoms with Gasteiger partial charge < -0.3 is 14.8 Å². The molecule has 6 nitrogen and oxygen atoms in total. The molecule has 0 bridgehead atoms. The van der Waals surface area contributed by atoms with Crippen molar-refractivity contribution in [3.8, 4) is 5.75 Å². The van der Waals surface area contributed by atoms with Crippen molar-refractivity contribution >= 4 is 34.0 Å². The Labute approximate surface area is 208 Å². The van der Waals surface area contributed by atoms with Crippen LogP contribution in [-0.2, 0) is 16.0 Å². The average Bonchev–Trinajstić information content (AvgIpc) is 3.51. The molecular formula is C30H26N2O4. The second-order valence-corrected chi connectivity index (χ2v) is 9.65. The molecule has 36 heavy (non-hydrogen) atoms. The number of aliphatic hydroxyl groups excluding tert-OH is 1. The molecule has 1 unspecified atom stereocenters. The molecule has 6 heteroatoms. The third kappa shape index (κ3) is 3.33. The number of ether oxygens (including phenoxy) is 1. The number of fused-ring (bicyclic) bond motifs is 2. The highest BCUT2D eigenvalue weighted by Gasteiger charge is 2.48. The number of hydrogen-bond acceptors (Lipinski definition) is 4. The fraction of sp³-hybridized carbons (Fsp3) is 0.200. The first-order valence-corrected chi connectivity index (χ1v) is 12.1. The lowest BCUT2D eigenvalue weighted by Gasteiger charge is -2.26. The number of carbonyl (C=O) groups excluding carboxylic acids is 2. The number of aliphatic hydroxyl groups is 1. The summed E-state index contributed by atoms with van der Waals surface area (Å²) >= 11 is 0. The van der Waals surface area contributed by atoms with E-state index in [1.54, 1.807) is 6.07 Å². The Kier molecular flexibility index (Phi) is 5.00. The van der Waals surface area contributed by atoms with Crippen LogP contribution in [0, 0.1) is 20.8 Å². The Morgan fingerprint density at radius 3 is 2.53 bits per heavy atom. The van der Waals surface area contributed by atoms with Crippen LogP contribution in [0.25, 0.3) is 16.7 Å². The van der Waals surface area contributed by atoms with Crippen molar-refractivity contribution in [3.05, 3.63) is 99.7 Å². The van der Waals surface area contributed by atoms with E-state index in [2.05, 4.69) is 4.98 Å². The molecule has 1 saturated heterocycles. The zero-order chi connectivity index (χ0) is 25.1. The second kappa shape index (κ2) is 8.12. The molecule has 0 radical (unpaired) electrons. The average molecular weight is 479 g/mol. The summed E-state index contributed by atoms with van der Waals surface area (Å²) in [5.41, 5.74) is 6.71. The lowest BCUT2D eigenvalue weighted by molar-refractivity contribution is -0.132. The largest absolute Gasteiger partial charge is 0.507 e. The second-order valence-electron chi connectivity index (χ2n) is 9.65. The summed E-state index contributed by atoms with van der Waals surface area (Å²) in [4.78, 5) is 32.2. The number of Topliss-reactive ketones (excluding diaryl/α,β-unsaturated/α-hetero) is 1. The minimum Gasteiger partial charge on any atom is -0.507 e. The predicted octanol–water partition coefficient (Wildman–Crippen LogP) is 5.65. The van der Waals surface area contributed by atoms with Gasteiger partial charge in [0.05, 0.1) is 18.2 Å². The first-order valence-electron chi connectivity index (χ1n) is 12.1. The summed E-state index contributed by atoms with van der Waals surface area (Å²) in [6.07, 6.45) is 0.734. The van der Waals surface area contributed by atoms with Gasteiger partial charge in [-0.15, -0.1) is 0 Å². The number of aromatic amines is 1. The number of nitrogens with zero attached hydrogens (tertiary/aromatic N) is 1. The highest BCUT2D eigenvalue weighted by molar-refractivity contribution is 6.52. The maximum Gasteiger partial charge on any atom is 0.300 e. The summed E-state index contributed by atoms with van der Waals surface area (Å²) < 4.78 is 5.61. The maximum absolute atomic E-state index is 13.6. The van der Waals surface area contributed by atoms with Gasteiger partial charge in [-0.25, -0.2) is 0 Å². The number of nitrogens with one attached hydrogen (secondary N) is 1. The molecule has 0 saturated carbocycles. The van der Waals surface area contributed by atoms with Crippen LogP contribution in [0.2, 0.25) is 0 Å². The molecule has 2 aliphatic heterocycles. The van der Waals surface area contributed by atoms with Gasteiger partial charge in [0.15, 0.2) is 0 Å². The summed E-state index contributed by atoms with van der Waals surface area (Å²) in [6.45, 7) is 6.45. The summed E-state index contributed by atoms with van der Waals surface area (Å²) in [7, 11) is 0. The van der Waals surface area contributed by atoms with Gasteiger partial charge in [0.2, 0.25) is 0 Å². The van der Waals surface area contributed by atoms with Crippen LogP contribution in [0.4, 0.5) is 5.69 Å². The van der Waals surface area contributed by atoms with Crippen molar-refractivity contribution in [2.45, 2.75) is 33.2 Å². The first kappa shape index (κ1) is 22.2. The van der Waals surface area contributed by atoms with Crippen molar-refractivity contribution in [2.75, 3.05) is 11.5 Å². The summed E-state index contributed by atoms with van der Waals surface area (Å²) in [6, 6.07) is 18.3. The van der Waals surface area contributed by atoms with Crippen molar-refractivity contribution in [3.63, 3.8) is 0 Å². The predicted molar refractivity (Wildman–Crippen MR) is 139 cm³/mol. The molecule has 0 spiro atoms. The third-order valence-electron chi connectivity index (χ3n) is 7.11. The number of H-pyrrole nitrogens is 1. The topological polar surface area (TPSA) is 82.6 Å². The standard InChI is InChI=1S/C30H26N2O4/c1-16-12-17(2)14-21(13-16)32-27(25-18(3)31-23-7-5-4-6-22(23)25)26(29(34)30(32)35)28(33)20-8-9-24-19(15-20)10-11-36-24/h4-9,12-15,27,31,33H,10-11H2,1-3H3/b28-26+.